The predicted octanol–water partition coefficient (Wildman–Crippen LogP) is 1.04. The molecular formula is C22H27N5O6S. The third kappa shape index (κ3) is 7.39. The van der Waals surface area contributed by atoms with Crippen LogP contribution in [-0.2, 0) is 26.0 Å². The van der Waals surface area contributed by atoms with Crippen LogP contribution in [0.25, 0.3) is 0 Å². The summed E-state index contributed by atoms with van der Waals surface area (Å²) in [6.45, 7) is 1.53. The third-order valence-electron chi connectivity index (χ3n) is 4.78. The van der Waals surface area contributed by atoms with Crippen molar-refractivity contribution in [2.45, 2.75) is 31.1 Å². The van der Waals surface area contributed by atoms with Gasteiger partial charge in [-0.2, -0.15) is 0 Å². The number of nitrogens with two attached hydrogens (primary N) is 1. The van der Waals surface area contributed by atoms with E-state index in [1.165, 1.54) is 24.3 Å². The second-order valence-electron chi connectivity index (χ2n) is 7.22. The number of nitrogens with one attached hydrogen (secondary N) is 4. The summed E-state index contributed by atoms with van der Waals surface area (Å²) in [6.07, 6.45) is -0.101. The van der Waals surface area contributed by atoms with Crippen molar-refractivity contribution in [3.8, 4) is 0 Å². The molecule has 0 radical (unpaired) electrons. The molecule has 34 heavy (non-hydrogen) atoms. The first-order valence-electron chi connectivity index (χ1n) is 10.4. The molecule has 12 heteroatoms. The highest BCUT2D eigenvalue weighted by atomic mass is 32.2. The van der Waals surface area contributed by atoms with Crippen molar-refractivity contribution in [3.05, 3.63) is 59.2 Å². The fourth-order valence-corrected chi connectivity index (χ4v) is 4.44. The number of sulfonamides is 1. The molecule has 2 aromatic carbocycles. The van der Waals surface area contributed by atoms with Crippen LogP contribution in [0.5, 0.6) is 0 Å². The molecule has 0 unspecified atom stereocenters. The minimum atomic E-state index is -3.97. The van der Waals surface area contributed by atoms with E-state index in [-0.39, 0.29) is 36.7 Å². The average Bonchev–Trinajstić information content (AvgIpc) is 2.78. The number of amides is 2. The molecule has 0 aromatic heterocycles. The van der Waals surface area contributed by atoms with Crippen LogP contribution in [0.1, 0.15) is 41.3 Å². The lowest BCUT2D eigenvalue weighted by Crippen LogP contribution is -2.29. The molecule has 0 bridgehead atoms. The van der Waals surface area contributed by atoms with Gasteiger partial charge in [-0.3, -0.25) is 19.8 Å². The van der Waals surface area contributed by atoms with Gasteiger partial charge in [-0.1, -0.05) is 25.1 Å². The molecule has 182 valence electrons. The number of carboxylic acid groups (broad SMARTS) is 1. The first kappa shape index (κ1) is 26.5. The van der Waals surface area contributed by atoms with E-state index in [4.69, 9.17) is 16.2 Å². The molecule has 0 heterocycles. The number of carboxylic acids is 1. The van der Waals surface area contributed by atoms with Crippen molar-refractivity contribution in [1.82, 2.24) is 10.0 Å². The minimum absolute atomic E-state index is 0.0412. The standard InChI is InChI=1S/C22H27N5O6S/c1-2-16-17(4-3-5-18(16)34(32,33)26-13-11-20(29)30)27-19(28)10-12-25-22(31)15-8-6-14(7-9-15)21(23)24/h3-9,26H,2,10-13H2,1H3,(H3,23,24)(H,25,31)(H,27,28)(H,29,30). The summed E-state index contributed by atoms with van der Waals surface area (Å²) in [5.41, 5.74) is 6.93. The molecule has 0 spiro atoms. The van der Waals surface area contributed by atoms with Crippen molar-refractivity contribution >= 4 is 39.3 Å². The highest BCUT2D eigenvalue weighted by molar-refractivity contribution is 7.89. The zero-order valence-corrected chi connectivity index (χ0v) is 19.4. The van der Waals surface area contributed by atoms with Crippen LogP contribution in [0.15, 0.2) is 47.4 Å². The highest BCUT2D eigenvalue weighted by Gasteiger charge is 2.20. The number of hydrogen-bond acceptors (Lipinski definition) is 6. The molecule has 0 saturated carbocycles. The van der Waals surface area contributed by atoms with Gasteiger partial charge in [0, 0.05) is 36.3 Å². The van der Waals surface area contributed by atoms with Crippen molar-refractivity contribution in [3.63, 3.8) is 0 Å². The van der Waals surface area contributed by atoms with Crippen LogP contribution >= 0.6 is 0 Å². The van der Waals surface area contributed by atoms with Crippen molar-refractivity contribution < 1.29 is 27.9 Å². The minimum Gasteiger partial charge on any atom is -0.481 e. The summed E-state index contributed by atoms with van der Waals surface area (Å²) in [6, 6.07) is 10.6. The SMILES string of the molecule is CCc1c(NC(=O)CCNC(=O)c2ccc(C(=N)N)cc2)cccc1S(=O)(=O)NCCC(=O)O. The van der Waals surface area contributed by atoms with Gasteiger partial charge in [0.05, 0.1) is 11.3 Å². The zero-order chi connectivity index (χ0) is 25.3. The van der Waals surface area contributed by atoms with E-state index in [2.05, 4.69) is 15.4 Å². The molecule has 7 N–H and O–H groups in total. The van der Waals surface area contributed by atoms with Crippen LogP contribution in [0.3, 0.4) is 0 Å². The smallest absolute Gasteiger partial charge is 0.304 e. The largest absolute Gasteiger partial charge is 0.481 e. The molecule has 0 aliphatic rings. The highest BCUT2D eigenvalue weighted by Crippen LogP contribution is 2.25. The number of rotatable bonds is 12. The van der Waals surface area contributed by atoms with Crippen LogP contribution in [0.4, 0.5) is 5.69 Å². The van der Waals surface area contributed by atoms with Gasteiger partial charge in [0.15, 0.2) is 0 Å². The quantitative estimate of drug-likeness (QED) is 0.189. The fraction of sp³-hybridized carbons (Fsp3) is 0.273. The summed E-state index contributed by atoms with van der Waals surface area (Å²) >= 11 is 0. The third-order valence-corrected chi connectivity index (χ3v) is 6.32. The lowest BCUT2D eigenvalue weighted by Gasteiger charge is -2.15. The lowest BCUT2D eigenvalue weighted by molar-refractivity contribution is -0.136. The Morgan fingerprint density at radius 1 is 1.00 bits per heavy atom. The molecule has 2 rings (SSSR count). The Labute approximate surface area is 197 Å². The maximum atomic E-state index is 12.6. The average molecular weight is 490 g/mol. The monoisotopic (exact) mass is 489 g/mol. The normalized spacial score (nSPS) is 11.0. The second-order valence-corrected chi connectivity index (χ2v) is 8.96. The van der Waals surface area contributed by atoms with Crippen molar-refractivity contribution in [1.29, 1.82) is 5.41 Å². The van der Waals surface area contributed by atoms with E-state index in [0.29, 0.717) is 28.8 Å². The first-order valence-corrected chi connectivity index (χ1v) is 11.9. The van der Waals surface area contributed by atoms with Crippen LogP contribution in [0.2, 0.25) is 0 Å². The topological polar surface area (TPSA) is 192 Å². The van der Waals surface area contributed by atoms with Gasteiger partial charge in [-0.25, -0.2) is 13.1 Å². The van der Waals surface area contributed by atoms with Gasteiger partial charge < -0.3 is 21.5 Å². The molecule has 0 aliphatic heterocycles. The number of amidine groups is 1. The Balaban J connectivity index is 1.99. The van der Waals surface area contributed by atoms with Crippen molar-refractivity contribution in [2.24, 2.45) is 5.73 Å². The van der Waals surface area contributed by atoms with Gasteiger partial charge in [-0.05, 0) is 36.2 Å². The number of hydrogen-bond donors (Lipinski definition) is 6. The van der Waals surface area contributed by atoms with Gasteiger partial charge in [0.25, 0.3) is 5.91 Å². The second kappa shape index (κ2) is 11.9. The molecule has 0 saturated heterocycles. The molecule has 0 aliphatic carbocycles. The van der Waals surface area contributed by atoms with Crippen LogP contribution in [-0.4, -0.2) is 50.2 Å². The fourth-order valence-electron chi connectivity index (χ4n) is 3.07. The van der Waals surface area contributed by atoms with E-state index >= 15 is 0 Å². The molecular weight excluding hydrogens is 462 g/mol. The Hall–Kier alpha value is -3.77. The summed E-state index contributed by atoms with van der Waals surface area (Å²) in [5.74, 6) is -2.05. The maximum absolute atomic E-state index is 12.6. The molecule has 0 atom stereocenters. The van der Waals surface area contributed by atoms with E-state index in [1.54, 1.807) is 25.1 Å². The van der Waals surface area contributed by atoms with E-state index < -0.39 is 27.8 Å². The predicted molar refractivity (Wildman–Crippen MR) is 126 cm³/mol. The Morgan fingerprint density at radius 3 is 2.24 bits per heavy atom. The van der Waals surface area contributed by atoms with Gasteiger partial charge in [0.1, 0.15) is 5.84 Å². The number of nitrogen functional groups attached to an aromatic ring is 1. The molecule has 2 amide bonds. The number of anilines is 1. The molecule has 2 aromatic rings. The Kier molecular flexibility index (Phi) is 9.27. The van der Waals surface area contributed by atoms with Gasteiger partial charge >= 0.3 is 5.97 Å². The number of aliphatic carboxylic acids is 1. The molecule has 0 fully saturated rings. The Morgan fingerprint density at radius 2 is 1.65 bits per heavy atom. The van der Waals surface area contributed by atoms with Crippen LogP contribution in [0, 0.1) is 5.41 Å². The number of carbonyl (C=O) groups is 3. The van der Waals surface area contributed by atoms with Crippen molar-refractivity contribution in [2.75, 3.05) is 18.4 Å². The zero-order valence-electron chi connectivity index (χ0n) is 18.6. The van der Waals surface area contributed by atoms with E-state index in [0.717, 1.165) is 0 Å². The van der Waals surface area contributed by atoms with E-state index in [9.17, 15) is 22.8 Å². The Bertz CT molecular complexity index is 1180. The maximum Gasteiger partial charge on any atom is 0.304 e. The van der Waals surface area contributed by atoms with Gasteiger partial charge in [-0.15, -0.1) is 0 Å². The molecule has 11 nitrogen and oxygen atoms in total. The van der Waals surface area contributed by atoms with Crippen LogP contribution < -0.4 is 21.1 Å². The number of benzene rings is 2. The van der Waals surface area contributed by atoms with E-state index in [1.807, 2.05) is 0 Å². The lowest BCUT2D eigenvalue weighted by atomic mass is 10.1. The summed E-state index contributed by atoms with van der Waals surface area (Å²) in [4.78, 5) is 35.2. The summed E-state index contributed by atoms with van der Waals surface area (Å²) < 4.78 is 27.4. The summed E-state index contributed by atoms with van der Waals surface area (Å²) in [5, 5.41) is 21.4. The number of carbonyl (C=O) groups excluding carboxylic acids is 2. The first-order chi connectivity index (χ1) is 16.0. The van der Waals surface area contributed by atoms with Gasteiger partial charge in [0.2, 0.25) is 15.9 Å². The summed E-state index contributed by atoms with van der Waals surface area (Å²) in [7, 11) is -3.97.